The second kappa shape index (κ2) is 7.16. The Labute approximate surface area is 144 Å². The summed E-state index contributed by atoms with van der Waals surface area (Å²) in [6.45, 7) is 3.38. The molecule has 0 aliphatic carbocycles. The molecule has 0 spiro atoms. The Kier molecular flexibility index (Phi) is 5.21. The number of nitrogens with zero attached hydrogens (tertiary/aromatic N) is 2. The highest BCUT2D eigenvalue weighted by Crippen LogP contribution is 2.30. The van der Waals surface area contributed by atoms with Gasteiger partial charge in [-0.15, -0.1) is 0 Å². The lowest BCUT2D eigenvalue weighted by Crippen LogP contribution is -2.52. The van der Waals surface area contributed by atoms with Crippen molar-refractivity contribution in [2.75, 3.05) is 20.7 Å². The summed E-state index contributed by atoms with van der Waals surface area (Å²) < 4.78 is 10.5. The predicted octanol–water partition coefficient (Wildman–Crippen LogP) is 1.44. The van der Waals surface area contributed by atoms with E-state index in [4.69, 9.17) is 9.47 Å². The lowest BCUT2D eigenvalue weighted by atomic mass is 10.1. The summed E-state index contributed by atoms with van der Waals surface area (Å²) in [6.07, 6.45) is 1.37. The highest BCUT2D eigenvalue weighted by atomic mass is 16.6. The van der Waals surface area contributed by atoms with Crippen molar-refractivity contribution in [3.63, 3.8) is 0 Å². The maximum absolute atomic E-state index is 12.2. The van der Waals surface area contributed by atoms with Gasteiger partial charge in [0.05, 0.1) is 6.61 Å². The van der Waals surface area contributed by atoms with Gasteiger partial charge in [-0.2, -0.15) is 0 Å². The fourth-order valence-electron chi connectivity index (χ4n) is 2.26. The third-order valence-corrected chi connectivity index (χ3v) is 3.48. The van der Waals surface area contributed by atoms with Gasteiger partial charge < -0.3 is 9.47 Å². The van der Waals surface area contributed by atoms with E-state index in [1.54, 1.807) is 19.1 Å². The first kappa shape index (κ1) is 18.2. The molecule has 0 bridgehead atoms. The molecule has 8 heteroatoms. The quantitative estimate of drug-likeness (QED) is 0.354. The van der Waals surface area contributed by atoms with Gasteiger partial charge in [-0.3, -0.25) is 24.2 Å². The first-order chi connectivity index (χ1) is 11.8. The fraction of sp³-hybridized carbons (Fsp3) is 0.294. The normalized spacial score (nSPS) is 14.7. The maximum Gasteiger partial charge on any atom is 0.333 e. The van der Waals surface area contributed by atoms with Crippen LogP contribution in [0.2, 0.25) is 0 Å². The number of carbonyl (C=O) groups excluding carboxylic acids is 4. The molecule has 25 heavy (non-hydrogen) atoms. The van der Waals surface area contributed by atoms with Crippen molar-refractivity contribution < 1.29 is 28.7 Å². The summed E-state index contributed by atoms with van der Waals surface area (Å²) in [5.41, 5.74) is 0.347. The molecule has 0 radical (unpaired) electrons. The Morgan fingerprint density at radius 2 is 1.68 bits per heavy atom. The van der Waals surface area contributed by atoms with E-state index in [9.17, 15) is 19.2 Å². The maximum atomic E-state index is 12.2. The van der Waals surface area contributed by atoms with Gasteiger partial charge in [0.25, 0.3) is 11.8 Å². The zero-order chi connectivity index (χ0) is 18.7. The molecule has 1 aromatic rings. The van der Waals surface area contributed by atoms with Crippen LogP contribution in [0.5, 0.6) is 11.5 Å². The van der Waals surface area contributed by atoms with Crippen molar-refractivity contribution in [2.45, 2.75) is 13.8 Å². The van der Waals surface area contributed by atoms with E-state index in [-0.39, 0.29) is 11.3 Å². The molecular formula is C17H18N2O6. The van der Waals surface area contributed by atoms with Crippen LogP contribution in [0.15, 0.2) is 23.8 Å². The van der Waals surface area contributed by atoms with Crippen molar-refractivity contribution in [1.82, 2.24) is 9.80 Å². The summed E-state index contributed by atoms with van der Waals surface area (Å²) in [6, 6.07) is 3.94. The van der Waals surface area contributed by atoms with Crippen LogP contribution in [-0.2, 0) is 14.4 Å². The number of benzene rings is 1. The molecule has 1 heterocycles. The van der Waals surface area contributed by atoms with Crippen LogP contribution in [0.3, 0.4) is 0 Å². The number of hydrogen-bond donors (Lipinski definition) is 0. The Hall–Kier alpha value is -3.16. The number of esters is 1. The standard InChI is InChI=1S/C17H18N2O6/c1-5-24-14-9-11(6-7-13(14)25-10(2)20)8-12-15(21)18(3)17(23)19(4)16(12)22/h6-9H,5H2,1-4H3. The van der Waals surface area contributed by atoms with Crippen LogP contribution in [-0.4, -0.2) is 54.3 Å². The predicted molar refractivity (Wildman–Crippen MR) is 87.8 cm³/mol. The molecule has 0 atom stereocenters. The molecule has 1 aliphatic rings. The van der Waals surface area contributed by atoms with Crippen LogP contribution in [0.25, 0.3) is 6.08 Å². The van der Waals surface area contributed by atoms with E-state index in [1.165, 1.54) is 33.2 Å². The molecule has 132 valence electrons. The lowest BCUT2D eigenvalue weighted by molar-refractivity contribution is -0.134. The number of hydrogen-bond acceptors (Lipinski definition) is 6. The van der Waals surface area contributed by atoms with Gasteiger partial charge in [0.2, 0.25) is 0 Å². The number of urea groups is 1. The number of carbonyl (C=O) groups is 4. The highest BCUT2D eigenvalue weighted by molar-refractivity contribution is 6.30. The summed E-state index contributed by atoms with van der Waals surface area (Å²) in [5.74, 6) is -1.32. The second-order valence-corrected chi connectivity index (χ2v) is 5.30. The molecule has 1 fully saturated rings. The largest absolute Gasteiger partial charge is 0.490 e. The zero-order valence-electron chi connectivity index (χ0n) is 14.4. The fourth-order valence-corrected chi connectivity index (χ4v) is 2.26. The van der Waals surface area contributed by atoms with Crippen molar-refractivity contribution in [3.05, 3.63) is 29.3 Å². The minimum atomic E-state index is -0.688. The van der Waals surface area contributed by atoms with Crippen molar-refractivity contribution >= 4 is 29.9 Å². The van der Waals surface area contributed by atoms with Crippen molar-refractivity contribution in [3.8, 4) is 11.5 Å². The topological polar surface area (TPSA) is 93.2 Å². The minimum Gasteiger partial charge on any atom is -0.490 e. The van der Waals surface area contributed by atoms with E-state index < -0.39 is 23.8 Å². The van der Waals surface area contributed by atoms with Gasteiger partial charge in [0.15, 0.2) is 11.5 Å². The number of likely N-dealkylation sites (N-methyl/N-ethyl adjacent to an activating group) is 2. The van der Waals surface area contributed by atoms with E-state index in [0.717, 1.165) is 9.80 Å². The highest BCUT2D eigenvalue weighted by Gasteiger charge is 2.37. The third kappa shape index (κ3) is 3.68. The average molecular weight is 346 g/mol. The van der Waals surface area contributed by atoms with Gasteiger partial charge >= 0.3 is 12.0 Å². The Balaban J connectivity index is 2.44. The Bertz CT molecular complexity index is 757. The monoisotopic (exact) mass is 346 g/mol. The Morgan fingerprint density at radius 1 is 1.08 bits per heavy atom. The molecule has 1 aliphatic heterocycles. The van der Waals surface area contributed by atoms with Gasteiger partial charge in [-0.1, -0.05) is 6.07 Å². The van der Waals surface area contributed by atoms with Crippen LogP contribution in [0.1, 0.15) is 19.4 Å². The lowest BCUT2D eigenvalue weighted by Gasteiger charge is -2.28. The molecule has 1 aromatic carbocycles. The van der Waals surface area contributed by atoms with Gasteiger partial charge in [0.1, 0.15) is 5.57 Å². The summed E-state index contributed by atoms with van der Waals surface area (Å²) in [5, 5.41) is 0. The van der Waals surface area contributed by atoms with Crippen LogP contribution >= 0.6 is 0 Å². The molecule has 0 aromatic heterocycles. The number of ether oxygens (including phenoxy) is 2. The third-order valence-electron chi connectivity index (χ3n) is 3.48. The first-order valence-electron chi connectivity index (χ1n) is 7.53. The van der Waals surface area contributed by atoms with Crippen molar-refractivity contribution in [1.29, 1.82) is 0 Å². The van der Waals surface area contributed by atoms with E-state index in [0.29, 0.717) is 17.9 Å². The Morgan fingerprint density at radius 3 is 2.20 bits per heavy atom. The molecule has 8 nitrogen and oxygen atoms in total. The molecule has 0 N–H and O–H groups in total. The van der Waals surface area contributed by atoms with E-state index in [2.05, 4.69) is 0 Å². The van der Waals surface area contributed by atoms with E-state index >= 15 is 0 Å². The number of imide groups is 2. The van der Waals surface area contributed by atoms with Crippen molar-refractivity contribution in [2.24, 2.45) is 0 Å². The van der Waals surface area contributed by atoms with Crippen LogP contribution < -0.4 is 9.47 Å². The minimum absolute atomic E-state index is 0.146. The van der Waals surface area contributed by atoms with Gasteiger partial charge in [0, 0.05) is 21.0 Å². The number of barbiturate groups is 1. The SMILES string of the molecule is CCOc1cc(C=C2C(=O)N(C)C(=O)N(C)C2=O)ccc1OC(C)=O. The van der Waals surface area contributed by atoms with Crippen LogP contribution in [0, 0.1) is 0 Å². The number of amides is 4. The molecule has 4 amide bonds. The van der Waals surface area contributed by atoms with Crippen LogP contribution in [0.4, 0.5) is 4.79 Å². The summed E-state index contributed by atoms with van der Waals surface area (Å²) in [7, 11) is 2.60. The molecule has 0 saturated carbocycles. The molecular weight excluding hydrogens is 328 g/mol. The molecule has 2 rings (SSSR count). The smallest absolute Gasteiger partial charge is 0.333 e. The average Bonchev–Trinajstić information content (AvgIpc) is 2.57. The summed E-state index contributed by atoms with van der Waals surface area (Å²) >= 11 is 0. The molecule has 1 saturated heterocycles. The molecule has 0 unspecified atom stereocenters. The summed E-state index contributed by atoms with van der Waals surface area (Å²) in [4.78, 5) is 49.0. The van der Waals surface area contributed by atoms with Gasteiger partial charge in [-0.05, 0) is 30.7 Å². The zero-order valence-corrected chi connectivity index (χ0v) is 14.4. The number of rotatable bonds is 4. The van der Waals surface area contributed by atoms with Gasteiger partial charge in [-0.25, -0.2) is 4.79 Å². The second-order valence-electron chi connectivity index (χ2n) is 5.30. The first-order valence-corrected chi connectivity index (χ1v) is 7.53. The van der Waals surface area contributed by atoms with E-state index in [1.807, 2.05) is 0 Å².